The minimum absolute atomic E-state index is 0.0128. The molecule has 0 atom stereocenters. The van der Waals surface area contributed by atoms with Gasteiger partial charge >= 0.3 is 0 Å². The van der Waals surface area contributed by atoms with Crippen LogP contribution < -0.4 is 11.1 Å². The van der Waals surface area contributed by atoms with Crippen molar-refractivity contribution in [3.8, 4) is 0 Å². The van der Waals surface area contributed by atoms with E-state index >= 15 is 0 Å². The Bertz CT molecular complexity index is 567. The van der Waals surface area contributed by atoms with Gasteiger partial charge in [-0.1, -0.05) is 13.8 Å². The number of benzene rings is 1. The molecule has 0 fully saturated rings. The van der Waals surface area contributed by atoms with Crippen LogP contribution in [0.25, 0.3) is 0 Å². The number of hydrogen-bond acceptors (Lipinski definition) is 3. The summed E-state index contributed by atoms with van der Waals surface area (Å²) in [5.74, 6) is -0.0348. The Kier molecular flexibility index (Phi) is 4.32. The lowest BCUT2D eigenvalue weighted by molar-refractivity contribution is -0.115. The molecule has 0 aliphatic carbocycles. The second kappa shape index (κ2) is 5.85. The summed E-state index contributed by atoms with van der Waals surface area (Å²) in [4.78, 5) is 25.8. The summed E-state index contributed by atoms with van der Waals surface area (Å²) < 4.78 is 0. The highest BCUT2D eigenvalue weighted by Crippen LogP contribution is 2.25. The van der Waals surface area contributed by atoms with E-state index in [1.165, 1.54) is 0 Å². The van der Waals surface area contributed by atoms with Crippen molar-refractivity contribution in [3.63, 3.8) is 0 Å². The zero-order valence-corrected chi connectivity index (χ0v) is 12.9. The molecule has 1 heterocycles. The summed E-state index contributed by atoms with van der Waals surface area (Å²) in [6, 6.07) is 5.38. The number of nitrogens with two attached hydrogens (primary N) is 1. The van der Waals surface area contributed by atoms with Crippen LogP contribution in [-0.2, 0) is 11.2 Å². The molecule has 0 saturated heterocycles. The monoisotopic (exact) mass is 289 g/mol. The second-order valence-corrected chi connectivity index (χ2v) is 6.28. The standard InChI is InChI=1S/C16H23N3O2/c1-4-19(10-16(2,3)9-17)15(21)11-5-6-13-12(7-11)8-14(20)18-13/h5-7H,4,8-10,17H2,1-3H3,(H,18,20). The lowest BCUT2D eigenvalue weighted by Crippen LogP contribution is -2.42. The summed E-state index contributed by atoms with van der Waals surface area (Å²) in [5.41, 5.74) is 7.96. The first-order valence-corrected chi connectivity index (χ1v) is 7.28. The Labute approximate surface area is 125 Å². The van der Waals surface area contributed by atoms with Crippen LogP contribution in [0.5, 0.6) is 0 Å². The van der Waals surface area contributed by atoms with Crippen molar-refractivity contribution in [1.82, 2.24) is 4.90 Å². The average Bonchev–Trinajstić information content (AvgIpc) is 2.83. The molecule has 2 amide bonds. The molecule has 0 radical (unpaired) electrons. The smallest absolute Gasteiger partial charge is 0.253 e. The van der Waals surface area contributed by atoms with E-state index in [9.17, 15) is 9.59 Å². The predicted molar refractivity (Wildman–Crippen MR) is 83.2 cm³/mol. The summed E-state index contributed by atoms with van der Waals surface area (Å²) in [6.45, 7) is 7.84. The van der Waals surface area contributed by atoms with Gasteiger partial charge in [0.2, 0.25) is 5.91 Å². The van der Waals surface area contributed by atoms with Crippen molar-refractivity contribution >= 4 is 17.5 Å². The van der Waals surface area contributed by atoms with Gasteiger partial charge in [0.25, 0.3) is 5.91 Å². The maximum Gasteiger partial charge on any atom is 0.253 e. The van der Waals surface area contributed by atoms with Crippen LogP contribution in [0.3, 0.4) is 0 Å². The normalized spacial score (nSPS) is 13.8. The number of carbonyl (C=O) groups excluding carboxylic acids is 2. The van der Waals surface area contributed by atoms with E-state index in [1.54, 1.807) is 17.0 Å². The van der Waals surface area contributed by atoms with Crippen molar-refractivity contribution in [2.75, 3.05) is 25.0 Å². The maximum atomic E-state index is 12.6. The summed E-state index contributed by atoms with van der Waals surface area (Å²) in [5, 5.41) is 2.77. The number of hydrogen-bond donors (Lipinski definition) is 2. The van der Waals surface area contributed by atoms with Gasteiger partial charge in [-0.05, 0) is 42.6 Å². The third-order valence-electron chi connectivity index (χ3n) is 3.82. The van der Waals surface area contributed by atoms with E-state index in [0.29, 0.717) is 31.6 Å². The molecule has 0 spiro atoms. The second-order valence-electron chi connectivity index (χ2n) is 6.28. The number of carbonyl (C=O) groups is 2. The summed E-state index contributed by atoms with van der Waals surface area (Å²) >= 11 is 0. The summed E-state index contributed by atoms with van der Waals surface area (Å²) in [7, 11) is 0. The Morgan fingerprint density at radius 3 is 2.76 bits per heavy atom. The minimum atomic E-state index is -0.111. The number of amides is 2. The van der Waals surface area contributed by atoms with Gasteiger partial charge in [0.1, 0.15) is 0 Å². The average molecular weight is 289 g/mol. The van der Waals surface area contributed by atoms with Crippen molar-refractivity contribution in [2.45, 2.75) is 27.2 Å². The molecule has 2 rings (SSSR count). The SMILES string of the molecule is CCN(CC(C)(C)CN)C(=O)c1ccc2c(c1)CC(=O)N2. The summed E-state index contributed by atoms with van der Waals surface area (Å²) in [6.07, 6.45) is 0.344. The van der Waals surface area contributed by atoms with Gasteiger partial charge in [0.15, 0.2) is 0 Å². The van der Waals surface area contributed by atoms with Crippen molar-refractivity contribution in [2.24, 2.45) is 11.1 Å². The van der Waals surface area contributed by atoms with Crippen LogP contribution in [0.2, 0.25) is 0 Å². The molecule has 1 aliphatic heterocycles. The van der Waals surface area contributed by atoms with Crippen LogP contribution in [0.1, 0.15) is 36.7 Å². The molecular weight excluding hydrogens is 266 g/mol. The van der Waals surface area contributed by atoms with E-state index in [2.05, 4.69) is 5.32 Å². The Hall–Kier alpha value is -1.88. The van der Waals surface area contributed by atoms with Crippen molar-refractivity contribution in [1.29, 1.82) is 0 Å². The van der Waals surface area contributed by atoms with Gasteiger partial charge in [-0.2, -0.15) is 0 Å². The molecule has 1 aromatic rings. The van der Waals surface area contributed by atoms with E-state index in [0.717, 1.165) is 11.3 Å². The Balaban J connectivity index is 2.19. The molecule has 0 bridgehead atoms. The van der Waals surface area contributed by atoms with Gasteiger partial charge in [0.05, 0.1) is 6.42 Å². The molecule has 0 aromatic heterocycles. The molecular formula is C16H23N3O2. The number of nitrogens with one attached hydrogen (secondary N) is 1. The van der Waals surface area contributed by atoms with Gasteiger partial charge in [-0.15, -0.1) is 0 Å². The lowest BCUT2D eigenvalue weighted by Gasteiger charge is -2.31. The molecule has 1 aliphatic rings. The van der Waals surface area contributed by atoms with Crippen LogP contribution >= 0.6 is 0 Å². The molecule has 0 saturated carbocycles. The predicted octanol–water partition coefficient (Wildman–Crippen LogP) is 1.63. The zero-order valence-electron chi connectivity index (χ0n) is 12.9. The van der Waals surface area contributed by atoms with Crippen molar-refractivity contribution in [3.05, 3.63) is 29.3 Å². The van der Waals surface area contributed by atoms with Crippen LogP contribution in [0, 0.1) is 5.41 Å². The van der Waals surface area contributed by atoms with Gasteiger partial charge < -0.3 is 16.0 Å². The zero-order chi connectivity index (χ0) is 15.6. The lowest BCUT2D eigenvalue weighted by atomic mass is 9.92. The number of anilines is 1. The molecule has 0 unspecified atom stereocenters. The highest BCUT2D eigenvalue weighted by molar-refractivity contribution is 6.01. The van der Waals surface area contributed by atoms with Crippen molar-refractivity contribution < 1.29 is 9.59 Å². The quantitative estimate of drug-likeness (QED) is 0.865. The van der Waals surface area contributed by atoms with E-state index in [4.69, 9.17) is 5.73 Å². The molecule has 5 nitrogen and oxygen atoms in total. The maximum absolute atomic E-state index is 12.6. The Morgan fingerprint density at radius 1 is 1.43 bits per heavy atom. The van der Waals surface area contributed by atoms with E-state index in [1.807, 2.05) is 26.8 Å². The highest BCUT2D eigenvalue weighted by atomic mass is 16.2. The fourth-order valence-corrected chi connectivity index (χ4v) is 2.45. The third-order valence-corrected chi connectivity index (χ3v) is 3.82. The van der Waals surface area contributed by atoms with Crippen LogP contribution in [-0.4, -0.2) is 36.3 Å². The Morgan fingerprint density at radius 2 is 2.14 bits per heavy atom. The fourth-order valence-electron chi connectivity index (χ4n) is 2.45. The number of rotatable bonds is 5. The van der Waals surface area contributed by atoms with E-state index in [-0.39, 0.29) is 17.2 Å². The highest BCUT2D eigenvalue weighted by Gasteiger charge is 2.25. The molecule has 1 aromatic carbocycles. The largest absolute Gasteiger partial charge is 0.338 e. The first-order chi connectivity index (χ1) is 9.86. The first-order valence-electron chi connectivity index (χ1n) is 7.28. The van der Waals surface area contributed by atoms with Crippen LogP contribution in [0.4, 0.5) is 5.69 Å². The molecule has 5 heteroatoms. The molecule has 3 N–H and O–H groups in total. The fraction of sp³-hybridized carbons (Fsp3) is 0.500. The topological polar surface area (TPSA) is 75.4 Å². The molecule has 114 valence electrons. The van der Waals surface area contributed by atoms with Crippen LogP contribution in [0.15, 0.2) is 18.2 Å². The minimum Gasteiger partial charge on any atom is -0.338 e. The van der Waals surface area contributed by atoms with Gasteiger partial charge in [-0.25, -0.2) is 0 Å². The van der Waals surface area contributed by atoms with E-state index < -0.39 is 0 Å². The third kappa shape index (κ3) is 3.42. The number of nitrogens with zero attached hydrogens (tertiary/aromatic N) is 1. The first kappa shape index (κ1) is 15.5. The molecule has 21 heavy (non-hydrogen) atoms. The van der Waals surface area contributed by atoms with Gasteiger partial charge in [0, 0.05) is 24.3 Å². The van der Waals surface area contributed by atoms with Gasteiger partial charge in [-0.3, -0.25) is 9.59 Å². The number of fused-ring (bicyclic) bond motifs is 1.